The third kappa shape index (κ3) is 5.88. The molecule has 0 aliphatic carbocycles. The minimum absolute atomic E-state index is 0.0489. The normalized spacial score (nSPS) is 12.4. The predicted octanol–water partition coefficient (Wildman–Crippen LogP) is 2.15. The zero-order valence-corrected chi connectivity index (χ0v) is 17.8. The maximum Gasteiger partial charge on any atom is 0.307 e. The van der Waals surface area contributed by atoms with Crippen LogP contribution in [0.4, 0.5) is 5.69 Å². The highest BCUT2D eigenvalue weighted by molar-refractivity contribution is 7.89. The standard InChI is InChI=1S/C19H25N3O6S/c1-11-6-7-12(2)16(10-11)21-19(24)15(5)27-17(23)8-9-20-29(25,26)18-13(3)22-28-14(18)4/h6-7,10,15,20H,8-9H2,1-5H3,(H,21,24)/t15-/m0/s1. The summed E-state index contributed by atoms with van der Waals surface area (Å²) in [5.74, 6) is -1.01. The maximum absolute atomic E-state index is 12.3. The van der Waals surface area contributed by atoms with E-state index in [1.54, 1.807) is 0 Å². The third-order valence-corrected chi connectivity index (χ3v) is 5.89. The van der Waals surface area contributed by atoms with E-state index in [0.29, 0.717) is 5.69 Å². The Kier molecular flexibility index (Phi) is 7.15. The van der Waals surface area contributed by atoms with Gasteiger partial charge in [0.2, 0.25) is 10.0 Å². The average Bonchev–Trinajstić information content (AvgIpc) is 2.97. The number of nitrogens with one attached hydrogen (secondary N) is 2. The summed E-state index contributed by atoms with van der Waals surface area (Å²) in [4.78, 5) is 24.2. The molecule has 1 aromatic heterocycles. The second-order valence-electron chi connectivity index (χ2n) is 6.74. The number of amides is 1. The molecule has 158 valence electrons. The van der Waals surface area contributed by atoms with Crippen LogP contribution in [0.5, 0.6) is 0 Å². The second-order valence-corrected chi connectivity index (χ2v) is 8.44. The number of sulfonamides is 1. The lowest BCUT2D eigenvalue weighted by molar-refractivity contribution is -0.152. The van der Waals surface area contributed by atoms with Crippen molar-refractivity contribution in [3.63, 3.8) is 0 Å². The number of aromatic nitrogens is 1. The zero-order chi connectivity index (χ0) is 21.8. The number of rotatable bonds is 8. The van der Waals surface area contributed by atoms with Crippen molar-refractivity contribution in [2.45, 2.75) is 52.0 Å². The van der Waals surface area contributed by atoms with E-state index in [1.807, 2.05) is 32.0 Å². The van der Waals surface area contributed by atoms with E-state index >= 15 is 0 Å². The van der Waals surface area contributed by atoms with Gasteiger partial charge in [-0.3, -0.25) is 9.59 Å². The highest BCUT2D eigenvalue weighted by Gasteiger charge is 2.24. The summed E-state index contributed by atoms with van der Waals surface area (Å²) in [5, 5.41) is 6.32. The van der Waals surface area contributed by atoms with Gasteiger partial charge in [-0.25, -0.2) is 13.1 Å². The number of benzene rings is 1. The van der Waals surface area contributed by atoms with Crippen LogP contribution in [0, 0.1) is 27.7 Å². The Morgan fingerprint density at radius 2 is 1.90 bits per heavy atom. The Labute approximate surface area is 169 Å². The lowest BCUT2D eigenvalue weighted by Crippen LogP contribution is -2.32. The molecule has 9 nitrogen and oxygen atoms in total. The lowest BCUT2D eigenvalue weighted by atomic mass is 10.1. The molecule has 0 radical (unpaired) electrons. The van der Waals surface area contributed by atoms with Gasteiger partial charge in [-0.2, -0.15) is 0 Å². The van der Waals surface area contributed by atoms with E-state index < -0.39 is 28.0 Å². The number of carbonyl (C=O) groups is 2. The van der Waals surface area contributed by atoms with Crippen LogP contribution in [0.15, 0.2) is 27.6 Å². The van der Waals surface area contributed by atoms with E-state index in [0.717, 1.165) is 11.1 Å². The number of nitrogens with zero attached hydrogens (tertiary/aromatic N) is 1. The Bertz CT molecular complexity index is 993. The van der Waals surface area contributed by atoms with E-state index in [1.165, 1.54) is 20.8 Å². The molecule has 29 heavy (non-hydrogen) atoms. The average molecular weight is 423 g/mol. The molecule has 0 fully saturated rings. The van der Waals surface area contributed by atoms with Crippen LogP contribution in [-0.4, -0.2) is 38.1 Å². The molecule has 1 heterocycles. The molecular formula is C19H25N3O6S. The number of hydrogen-bond acceptors (Lipinski definition) is 7. The van der Waals surface area contributed by atoms with Crippen molar-refractivity contribution in [3.05, 3.63) is 40.8 Å². The smallest absolute Gasteiger partial charge is 0.307 e. The van der Waals surface area contributed by atoms with Crippen LogP contribution >= 0.6 is 0 Å². The first-order valence-electron chi connectivity index (χ1n) is 9.01. The highest BCUT2D eigenvalue weighted by atomic mass is 32.2. The largest absolute Gasteiger partial charge is 0.452 e. The molecule has 0 spiro atoms. The fourth-order valence-corrected chi connectivity index (χ4v) is 3.99. The monoisotopic (exact) mass is 423 g/mol. The molecule has 0 aliphatic rings. The summed E-state index contributed by atoms with van der Waals surface area (Å²) in [7, 11) is -3.86. The van der Waals surface area contributed by atoms with Crippen molar-refractivity contribution >= 4 is 27.6 Å². The number of ether oxygens (including phenoxy) is 1. The summed E-state index contributed by atoms with van der Waals surface area (Å²) < 4.78 is 36.8. The Balaban J connectivity index is 1.85. The molecule has 1 aromatic carbocycles. The van der Waals surface area contributed by atoms with Gasteiger partial charge in [-0.15, -0.1) is 0 Å². The Hall–Kier alpha value is -2.72. The molecule has 0 bridgehead atoms. The van der Waals surface area contributed by atoms with E-state index in [4.69, 9.17) is 9.26 Å². The molecule has 0 unspecified atom stereocenters. The van der Waals surface area contributed by atoms with Gasteiger partial charge in [0.25, 0.3) is 5.91 Å². The molecule has 2 aromatic rings. The van der Waals surface area contributed by atoms with E-state index in [9.17, 15) is 18.0 Å². The Morgan fingerprint density at radius 3 is 2.52 bits per heavy atom. The quantitative estimate of drug-likeness (QED) is 0.623. The first-order chi connectivity index (χ1) is 13.5. The SMILES string of the molecule is Cc1ccc(C)c(NC(=O)[C@H](C)OC(=O)CCNS(=O)(=O)c2c(C)noc2C)c1. The van der Waals surface area contributed by atoms with Crippen LogP contribution < -0.4 is 10.0 Å². The van der Waals surface area contributed by atoms with Crippen molar-refractivity contribution in [2.75, 3.05) is 11.9 Å². The molecule has 0 aliphatic heterocycles. The summed E-state index contributed by atoms with van der Waals surface area (Å²) in [6.45, 7) is 8.02. The number of anilines is 1. The van der Waals surface area contributed by atoms with Crippen LogP contribution in [0.2, 0.25) is 0 Å². The van der Waals surface area contributed by atoms with Crippen molar-refractivity contribution in [2.24, 2.45) is 0 Å². The third-order valence-electron chi connectivity index (χ3n) is 4.19. The maximum atomic E-state index is 12.3. The first-order valence-corrected chi connectivity index (χ1v) is 10.5. The van der Waals surface area contributed by atoms with Gasteiger partial charge >= 0.3 is 5.97 Å². The fourth-order valence-electron chi connectivity index (χ4n) is 2.63. The number of hydrogen-bond donors (Lipinski definition) is 2. The van der Waals surface area contributed by atoms with Gasteiger partial charge in [-0.1, -0.05) is 17.3 Å². The van der Waals surface area contributed by atoms with Crippen LogP contribution in [0.1, 0.15) is 35.9 Å². The second kappa shape index (κ2) is 9.19. The number of aryl methyl sites for hydroxylation is 4. The molecule has 10 heteroatoms. The van der Waals surface area contributed by atoms with Crippen molar-refractivity contribution in [1.82, 2.24) is 9.88 Å². The zero-order valence-electron chi connectivity index (χ0n) is 17.0. The summed E-state index contributed by atoms with van der Waals surface area (Å²) in [5.41, 5.74) is 2.75. The van der Waals surface area contributed by atoms with Gasteiger partial charge in [0.15, 0.2) is 11.9 Å². The van der Waals surface area contributed by atoms with Gasteiger partial charge in [0.05, 0.1) is 6.42 Å². The van der Waals surface area contributed by atoms with Crippen molar-refractivity contribution < 1.29 is 27.3 Å². The first kappa shape index (κ1) is 22.6. The summed E-state index contributed by atoms with van der Waals surface area (Å²) in [6.07, 6.45) is -1.26. The molecule has 0 saturated heterocycles. The molecular weight excluding hydrogens is 398 g/mol. The van der Waals surface area contributed by atoms with E-state index in [2.05, 4.69) is 15.2 Å². The van der Waals surface area contributed by atoms with Crippen molar-refractivity contribution in [1.29, 1.82) is 0 Å². The van der Waals surface area contributed by atoms with Gasteiger partial charge in [-0.05, 0) is 51.8 Å². The van der Waals surface area contributed by atoms with Crippen LogP contribution in [0.3, 0.4) is 0 Å². The fraction of sp³-hybridized carbons (Fsp3) is 0.421. The molecule has 2 rings (SSSR count). The van der Waals surface area contributed by atoms with Crippen LogP contribution in [0.25, 0.3) is 0 Å². The lowest BCUT2D eigenvalue weighted by Gasteiger charge is -2.15. The summed E-state index contributed by atoms with van der Waals surface area (Å²) >= 11 is 0. The molecule has 2 N–H and O–H groups in total. The molecule has 1 atom stereocenters. The van der Waals surface area contributed by atoms with Gasteiger partial charge in [0.1, 0.15) is 10.6 Å². The number of carbonyl (C=O) groups excluding carboxylic acids is 2. The molecule has 1 amide bonds. The summed E-state index contributed by atoms with van der Waals surface area (Å²) in [6, 6.07) is 5.63. The highest BCUT2D eigenvalue weighted by Crippen LogP contribution is 2.19. The van der Waals surface area contributed by atoms with Crippen LogP contribution in [-0.2, 0) is 24.3 Å². The predicted molar refractivity (Wildman–Crippen MR) is 106 cm³/mol. The van der Waals surface area contributed by atoms with Gasteiger partial charge < -0.3 is 14.6 Å². The minimum atomic E-state index is -3.86. The minimum Gasteiger partial charge on any atom is -0.452 e. The Morgan fingerprint density at radius 1 is 1.21 bits per heavy atom. The molecule has 0 saturated carbocycles. The van der Waals surface area contributed by atoms with Gasteiger partial charge in [0, 0.05) is 12.2 Å². The van der Waals surface area contributed by atoms with Crippen molar-refractivity contribution in [3.8, 4) is 0 Å². The number of esters is 1. The topological polar surface area (TPSA) is 128 Å². The van der Waals surface area contributed by atoms with E-state index in [-0.39, 0.29) is 29.3 Å².